The smallest absolute Gasteiger partial charge is 0.303 e. The van der Waals surface area contributed by atoms with Gasteiger partial charge in [0.2, 0.25) is 5.43 Å². The zero-order chi connectivity index (χ0) is 21.3. The molecule has 0 unspecified atom stereocenters. The van der Waals surface area contributed by atoms with Crippen LogP contribution in [0.2, 0.25) is 0 Å². The van der Waals surface area contributed by atoms with Crippen molar-refractivity contribution >= 4 is 5.97 Å². The highest BCUT2D eigenvalue weighted by atomic mass is 19.1. The Bertz CT molecular complexity index is 1030. The Morgan fingerprint density at radius 2 is 1.70 bits per heavy atom. The standard InChI is InChI=1S/C24H24FNO4/c25-20-12-10-19(11-13-20)23-24(30-17-18-7-3-1-4-8-18)21(27)14-16-26(23)15-6-2-5-9-22(28)29/h1,3-4,7-8,10-14,16H,2,5-6,9,15,17H2,(H,28,29). The highest BCUT2D eigenvalue weighted by molar-refractivity contribution is 5.67. The van der Waals surface area contributed by atoms with E-state index in [1.165, 1.54) is 18.2 Å². The van der Waals surface area contributed by atoms with Gasteiger partial charge in [0.15, 0.2) is 5.75 Å². The van der Waals surface area contributed by atoms with Crippen molar-refractivity contribution in [2.24, 2.45) is 0 Å². The van der Waals surface area contributed by atoms with Gasteiger partial charge in [0.1, 0.15) is 12.4 Å². The largest absolute Gasteiger partial charge is 0.483 e. The Balaban J connectivity index is 1.88. The average molecular weight is 409 g/mol. The summed E-state index contributed by atoms with van der Waals surface area (Å²) < 4.78 is 21.3. The van der Waals surface area contributed by atoms with Crippen LogP contribution in [0.25, 0.3) is 11.3 Å². The highest BCUT2D eigenvalue weighted by Crippen LogP contribution is 2.28. The zero-order valence-electron chi connectivity index (χ0n) is 16.6. The van der Waals surface area contributed by atoms with Crippen LogP contribution in [0, 0.1) is 5.82 Å². The van der Waals surface area contributed by atoms with E-state index >= 15 is 0 Å². The molecule has 30 heavy (non-hydrogen) atoms. The molecular formula is C24H24FNO4. The number of carbonyl (C=O) groups is 1. The zero-order valence-corrected chi connectivity index (χ0v) is 16.6. The number of hydrogen-bond donors (Lipinski definition) is 1. The molecule has 0 bridgehead atoms. The van der Waals surface area contributed by atoms with Gasteiger partial charge < -0.3 is 14.4 Å². The third-order valence-electron chi connectivity index (χ3n) is 4.77. The molecular weight excluding hydrogens is 385 g/mol. The first-order valence-electron chi connectivity index (χ1n) is 9.92. The van der Waals surface area contributed by atoms with E-state index in [0.29, 0.717) is 24.2 Å². The van der Waals surface area contributed by atoms with Gasteiger partial charge >= 0.3 is 5.97 Å². The van der Waals surface area contributed by atoms with Crippen molar-refractivity contribution in [3.8, 4) is 17.0 Å². The molecule has 1 aromatic heterocycles. The van der Waals surface area contributed by atoms with E-state index in [2.05, 4.69) is 0 Å². The molecule has 2 aromatic carbocycles. The van der Waals surface area contributed by atoms with E-state index in [-0.39, 0.29) is 30.0 Å². The number of unbranched alkanes of at least 4 members (excludes halogenated alkanes) is 2. The van der Waals surface area contributed by atoms with E-state index in [9.17, 15) is 14.0 Å². The van der Waals surface area contributed by atoms with Crippen LogP contribution in [0.15, 0.2) is 71.7 Å². The van der Waals surface area contributed by atoms with Crippen LogP contribution < -0.4 is 10.2 Å². The van der Waals surface area contributed by atoms with Crippen molar-refractivity contribution in [3.05, 3.63) is 88.5 Å². The first kappa shape index (κ1) is 21.3. The minimum absolute atomic E-state index is 0.139. The first-order valence-corrected chi connectivity index (χ1v) is 9.92. The number of hydrogen-bond acceptors (Lipinski definition) is 3. The fourth-order valence-electron chi connectivity index (χ4n) is 3.25. The quantitative estimate of drug-likeness (QED) is 0.485. The molecule has 0 radical (unpaired) electrons. The van der Waals surface area contributed by atoms with Gasteiger partial charge in [-0.25, -0.2) is 4.39 Å². The number of rotatable bonds is 10. The van der Waals surface area contributed by atoms with Crippen LogP contribution in [-0.4, -0.2) is 15.6 Å². The Labute approximate surface area is 174 Å². The van der Waals surface area contributed by atoms with Gasteiger partial charge in [-0.2, -0.15) is 0 Å². The van der Waals surface area contributed by atoms with Crippen molar-refractivity contribution in [2.75, 3.05) is 0 Å². The van der Waals surface area contributed by atoms with Crippen molar-refractivity contribution in [1.29, 1.82) is 0 Å². The second-order valence-corrected chi connectivity index (χ2v) is 7.04. The summed E-state index contributed by atoms with van der Waals surface area (Å²) in [6, 6.07) is 17.0. The molecule has 0 saturated heterocycles. The molecule has 156 valence electrons. The van der Waals surface area contributed by atoms with Gasteiger partial charge in [0.25, 0.3) is 0 Å². The number of nitrogens with zero attached hydrogens (tertiary/aromatic N) is 1. The third-order valence-corrected chi connectivity index (χ3v) is 4.77. The third kappa shape index (κ3) is 5.80. The normalized spacial score (nSPS) is 10.7. The molecule has 0 spiro atoms. The van der Waals surface area contributed by atoms with Crippen LogP contribution in [-0.2, 0) is 17.9 Å². The van der Waals surface area contributed by atoms with Gasteiger partial charge in [-0.15, -0.1) is 0 Å². The molecule has 0 aliphatic rings. The van der Waals surface area contributed by atoms with E-state index < -0.39 is 5.97 Å². The second-order valence-electron chi connectivity index (χ2n) is 7.04. The number of aromatic nitrogens is 1. The number of pyridine rings is 1. The number of halogens is 1. The van der Waals surface area contributed by atoms with Crippen molar-refractivity contribution in [3.63, 3.8) is 0 Å². The van der Waals surface area contributed by atoms with Crippen molar-refractivity contribution in [1.82, 2.24) is 4.57 Å². The summed E-state index contributed by atoms with van der Waals surface area (Å²) in [6.07, 6.45) is 3.94. The SMILES string of the molecule is O=C(O)CCCCCn1ccc(=O)c(OCc2ccccc2)c1-c1ccc(F)cc1. The molecule has 0 atom stereocenters. The highest BCUT2D eigenvalue weighted by Gasteiger charge is 2.15. The lowest BCUT2D eigenvalue weighted by Crippen LogP contribution is -2.15. The predicted molar refractivity (Wildman–Crippen MR) is 113 cm³/mol. The number of aryl methyl sites for hydroxylation is 1. The molecule has 0 saturated carbocycles. The second kappa shape index (κ2) is 10.4. The molecule has 6 heteroatoms. The van der Waals surface area contributed by atoms with E-state index in [4.69, 9.17) is 9.84 Å². The minimum Gasteiger partial charge on any atom is -0.483 e. The maximum atomic E-state index is 13.5. The number of carboxylic acid groups (broad SMARTS) is 1. The average Bonchev–Trinajstić information content (AvgIpc) is 2.74. The number of benzene rings is 2. The summed E-state index contributed by atoms with van der Waals surface area (Å²) in [6.45, 7) is 0.835. The molecule has 1 N–H and O–H groups in total. The molecule has 0 aliphatic heterocycles. The van der Waals surface area contributed by atoms with Gasteiger partial charge in [-0.3, -0.25) is 9.59 Å². The van der Waals surface area contributed by atoms with E-state index in [0.717, 1.165) is 18.4 Å². The van der Waals surface area contributed by atoms with Crippen molar-refractivity contribution in [2.45, 2.75) is 38.8 Å². The lowest BCUT2D eigenvalue weighted by Gasteiger charge is -2.18. The molecule has 3 rings (SSSR count). The van der Waals surface area contributed by atoms with Gasteiger partial charge in [0, 0.05) is 30.8 Å². The Morgan fingerprint density at radius 3 is 2.40 bits per heavy atom. The van der Waals surface area contributed by atoms with Crippen LogP contribution >= 0.6 is 0 Å². The maximum absolute atomic E-state index is 13.5. The van der Waals surface area contributed by atoms with Crippen LogP contribution in [0.4, 0.5) is 4.39 Å². The molecule has 0 fully saturated rings. The number of aliphatic carboxylic acids is 1. The monoisotopic (exact) mass is 409 g/mol. The Morgan fingerprint density at radius 1 is 0.967 bits per heavy atom. The minimum atomic E-state index is -0.804. The first-order chi connectivity index (χ1) is 14.5. The summed E-state index contributed by atoms with van der Waals surface area (Å²) in [4.78, 5) is 23.3. The fourth-order valence-corrected chi connectivity index (χ4v) is 3.25. The van der Waals surface area contributed by atoms with Crippen LogP contribution in [0.3, 0.4) is 0 Å². The van der Waals surface area contributed by atoms with Crippen molar-refractivity contribution < 1.29 is 19.0 Å². The lowest BCUT2D eigenvalue weighted by atomic mass is 10.1. The van der Waals surface area contributed by atoms with E-state index in [1.54, 1.807) is 18.3 Å². The summed E-state index contributed by atoms with van der Waals surface area (Å²) in [7, 11) is 0. The van der Waals surface area contributed by atoms with Gasteiger partial charge in [-0.1, -0.05) is 36.8 Å². The van der Waals surface area contributed by atoms with Gasteiger partial charge in [-0.05, 0) is 42.7 Å². The maximum Gasteiger partial charge on any atom is 0.303 e. The molecule has 5 nitrogen and oxygen atoms in total. The molecule has 1 heterocycles. The number of carboxylic acids is 1. The topological polar surface area (TPSA) is 68.5 Å². The van der Waals surface area contributed by atoms with Crippen LogP contribution in [0.1, 0.15) is 31.2 Å². The summed E-state index contributed by atoms with van der Waals surface area (Å²) >= 11 is 0. The lowest BCUT2D eigenvalue weighted by molar-refractivity contribution is -0.137. The molecule has 0 aliphatic carbocycles. The molecule has 0 amide bonds. The summed E-state index contributed by atoms with van der Waals surface area (Å²) in [5.41, 5.74) is 1.97. The summed E-state index contributed by atoms with van der Waals surface area (Å²) in [5.74, 6) is -0.940. The molecule has 3 aromatic rings. The Hall–Kier alpha value is -3.41. The Kier molecular flexibility index (Phi) is 7.38. The van der Waals surface area contributed by atoms with Gasteiger partial charge in [0.05, 0.1) is 5.69 Å². The van der Waals surface area contributed by atoms with E-state index in [1.807, 2.05) is 34.9 Å². The fraction of sp³-hybridized carbons (Fsp3) is 0.250. The summed E-state index contributed by atoms with van der Waals surface area (Å²) in [5, 5.41) is 8.78. The predicted octanol–water partition coefficient (Wildman–Crippen LogP) is 4.88. The number of ether oxygens (including phenoxy) is 1. The van der Waals surface area contributed by atoms with Crippen LogP contribution in [0.5, 0.6) is 5.75 Å².